The molecule has 0 saturated carbocycles. The van der Waals surface area contributed by atoms with Crippen molar-refractivity contribution in [1.82, 2.24) is 0 Å². The average molecular weight is 330 g/mol. The molecule has 0 heterocycles. The van der Waals surface area contributed by atoms with E-state index in [1.54, 1.807) is 0 Å². The molecular weight excluding hydrogens is 304 g/mol. The number of ether oxygens (including phenoxy) is 2. The van der Waals surface area contributed by atoms with Gasteiger partial charge in [-0.15, -0.1) is 0 Å². The molecule has 0 spiro atoms. The molecule has 0 aliphatic carbocycles. The minimum Gasteiger partial charge on any atom is -0.396 e. The molecule has 0 saturated heterocycles. The lowest BCUT2D eigenvalue weighted by Gasteiger charge is -2.27. The second-order valence-corrected chi connectivity index (χ2v) is 5.69. The SMILES string of the molecule is OCC[C@@H](OCc1ccccc1)[C@@H](CCO)OCc1ccccc1. The van der Waals surface area contributed by atoms with Crippen LogP contribution in [0.5, 0.6) is 0 Å². The lowest BCUT2D eigenvalue weighted by Crippen LogP contribution is -2.33. The Kier molecular flexibility index (Phi) is 8.49. The maximum atomic E-state index is 9.34. The van der Waals surface area contributed by atoms with Crippen molar-refractivity contribution < 1.29 is 19.7 Å². The highest BCUT2D eigenvalue weighted by Crippen LogP contribution is 2.16. The molecule has 2 rings (SSSR count). The molecule has 0 radical (unpaired) electrons. The minimum absolute atomic E-state index is 0.0239. The molecule has 4 heteroatoms. The van der Waals surface area contributed by atoms with E-state index in [4.69, 9.17) is 9.47 Å². The molecule has 2 N–H and O–H groups in total. The van der Waals surface area contributed by atoms with Gasteiger partial charge < -0.3 is 19.7 Å². The Balaban J connectivity index is 1.94. The van der Waals surface area contributed by atoms with Crippen molar-refractivity contribution in [2.45, 2.75) is 38.3 Å². The van der Waals surface area contributed by atoms with Crippen molar-refractivity contribution in [2.24, 2.45) is 0 Å². The third-order valence-corrected chi connectivity index (χ3v) is 3.86. The molecule has 0 amide bonds. The Labute approximate surface area is 143 Å². The molecule has 0 bridgehead atoms. The molecular formula is C20H26O4. The standard InChI is InChI=1S/C20H26O4/c21-13-11-19(23-15-17-7-3-1-4-8-17)20(12-14-22)24-16-18-9-5-2-6-10-18/h1-10,19-22H,11-16H2/t19-,20-/m1/s1. The second-order valence-electron chi connectivity index (χ2n) is 5.69. The quantitative estimate of drug-likeness (QED) is 0.665. The van der Waals surface area contributed by atoms with Gasteiger partial charge in [0, 0.05) is 13.2 Å². The van der Waals surface area contributed by atoms with Crippen LogP contribution in [0.4, 0.5) is 0 Å². The molecule has 24 heavy (non-hydrogen) atoms. The van der Waals surface area contributed by atoms with Crippen LogP contribution in [0.25, 0.3) is 0 Å². The summed E-state index contributed by atoms with van der Waals surface area (Å²) in [6.45, 7) is 0.969. The summed E-state index contributed by atoms with van der Waals surface area (Å²) in [6, 6.07) is 19.8. The highest BCUT2D eigenvalue weighted by molar-refractivity contribution is 5.14. The van der Waals surface area contributed by atoms with Gasteiger partial charge in [-0.05, 0) is 24.0 Å². The first-order valence-corrected chi connectivity index (χ1v) is 8.36. The molecule has 0 aliphatic rings. The van der Waals surface area contributed by atoms with Crippen LogP contribution >= 0.6 is 0 Å². The van der Waals surface area contributed by atoms with Crippen molar-refractivity contribution in [2.75, 3.05) is 13.2 Å². The molecule has 0 aliphatic heterocycles. The molecule has 0 aromatic heterocycles. The van der Waals surface area contributed by atoms with E-state index in [1.165, 1.54) is 0 Å². The summed E-state index contributed by atoms with van der Waals surface area (Å²) in [5.74, 6) is 0. The van der Waals surface area contributed by atoms with Gasteiger partial charge in [-0.3, -0.25) is 0 Å². The van der Waals surface area contributed by atoms with Gasteiger partial charge in [0.25, 0.3) is 0 Å². The summed E-state index contributed by atoms with van der Waals surface area (Å²) in [5.41, 5.74) is 2.15. The normalized spacial score (nSPS) is 13.6. The number of aliphatic hydroxyl groups is 2. The first kappa shape index (κ1) is 18.6. The van der Waals surface area contributed by atoms with E-state index < -0.39 is 0 Å². The van der Waals surface area contributed by atoms with E-state index in [1.807, 2.05) is 60.7 Å². The fourth-order valence-electron chi connectivity index (χ4n) is 2.56. The highest BCUT2D eigenvalue weighted by atomic mass is 16.5. The highest BCUT2D eigenvalue weighted by Gasteiger charge is 2.22. The van der Waals surface area contributed by atoms with Gasteiger partial charge in [-0.2, -0.15) is 0 Å². The van der Waals surface area contributed by atoms with Crippen molar-refractivity contribution >= 4 is 0 Å². The Morgan fingerprint density at radius 3 is 1.33 bits per heavy atom. The zero-order chi connectivity index (χ0) is 17.0. The molecule has 0 unspecified atom stereocenters. The zero-order valence-electron chi connectivity index (χ0n) is 13.9. The van der Waals surface area contributed by atoms with E-state index in [2.05, 4.69) is 0 Å². The third-order valence-electron chi connectivity index (χ3n) is 3.86. The Hall–Kier alpha value is -1.72. The minimum atomic E-state index is -0.258. The Morgan fingerprint density at radius 1 is 0.625 bits per heavy atom. The monoisotopic (exact) mass is 330 g/mol. The smallest absolute Gasteiger partial charge is 0.0864 e. The number of benzene rings is 2. The predicted molar refractivity (Wildman–Crippen MR) is 93.4 cm³/mol. The summed E-state index contributed by atoms with van der Waals surface area (Å²) in [7, 11) is 0. The van der Waals surface area contributed by atoms with Crippen LogP contribution in [0.2, 0.25) is 0 Å². The molecule has 2 atom stereocenters. The topological polar surface area (TPSA) is 58.9 Å². The number of rotatable bonds is 11. The molecule has 4 nitrogen and oxygen atoms in total. The predicted octanol–water partition coefficient (Wildman–Crippen LogP) is 2.92. The van der Waals surface area contributed by atoms with E-state index in [0.717, 1.165) is 11.1 Å². The summed E-state index contributed by atoms with van der Waals surface area (Å²) in [6.07, 6.45) is 0.440. The van der Waals surface area contributed by atoms with E-state index >= 15 is 0 Å². The van der Waals surface area contributed by atoms with Crippen LogP contribution in [0.3, 0.4) is 0 Å². The molecule has 2 aromatic carbocycles. The van der Waals surface area contributed by atoms with E-state index in [9.17, 15) is 10.2 Å². The van der Waals surface area contributed by atoms with Crippen molar-refractivity contribution in [3.05, 3.63) is 71.8 Å². The van der Waals surface area contributed by atoms with E-state index in [0.29, 0.717) is 26.1 Å². The first-order chi connectivity index (χ1) is 11.8. The van der Waals surface area contributed by atoms with Gasteiger partial charge >= 0.3 is 0 Å². The van der Waals surface area contributed by atoms with Crippen LogP contribution in [-0.4, -0.2) is 35.6 Å². The van der Waals surface area contributed by atoms with Gasteiger partial charge in [-0.25, -0.2) is 0 Å². The van der Waals surface area contributed by atoms with Gasteiger partial charge in [0.05, 0.1) is 25.4 Å². The fraction of sp³-hybridized carbons (Fsp3) is 0.400. The first-order valence-electron chi connectivity index (χ1n) is 8.36. The lowest BCUT2D eigenvalue weighted by atomic mass is 10.1. The van der Waals surface area contributed by atoms with Crippen LogP contribution in [0.1, 0.15) is 24.0 Å². The number of hydrogen-bond donors (Lipinski definition) is 2. The van der Waals surface area contributed by atoms with E-state index in [-0.39, 0.29) is 25.4 Å². The van der Waals surface area contributed by atoms with Crippen molar-refractivity contribution in [1.29, 1.82) is 0 Å². The zero-order valence-corrected chi connectivity index (χ0v) is 13.9. The molecule has 0 fully saturated rings. The van der Waals surface area contributed by atoms with Crippen LogP contribution < -0.4 is 0 Å². The Morgan fingerprint density at radius 2 is 1.00 bits per heavy atom. The number of hydrogen-bond acceptors (Lipinski definition) is 4. The van der Waals surface area contributed by atoms with Crippen molar-refractivity contribution in [3.8, 4) is 0 Å². The summed E-state index contributed by atoms with van der Waals surface area (Å²) in [5, 5.41) is 18.7. The summed E-state index contributed by atoms with van der Waals surface area (Å²) >= 11 is 0. The van der Waals surface area contributed by atoms with Gasteiger partial charge in [-0.1, -0.05) is 60.7 Å². The second kappa shape index (κ2) is 10.9. The van der Waals surface area contributed by atoms with Crippen molar-refractivity contribution in [3.63, 3.8) is 0 Å². The maximum absolute atomic E-state index is 9.34. The van der Waals surface area contributed by atoms with Gasteiger partial charge in [0.15, 0.2) is 0 Å². The lowest BCUT2D eigenvalue weighted by molar-refractivity contribution is -0.0994. The fourth-order valence-corrected chi connectivity index (χ4v) is 2.56. The van der Waals surface area contributed by atoms with Crippen LogP contribution in [0, 0.1) is 0 Å². The van der Waals surface area contributed by atoms with Crippen LogP contribution in [-0.2, 0) is 22.7 Å². The summed E-state index contributed by atoms with van der Waals surface area (Å²) in [4.78, 5) is 0. The molecule has 2 aromatic rings. The maximum Gasteiger partial charge on any atom is 0.0864 e. The van der Waals surface area contributed by atoms with Crippen LogP contribution in [0.15, 0.2) is 60.7 Å². The Bertz CT molecular complexity index is 493. The third kappa shape index (κ3) is 6.42. The van der Waals surface area contributed by atoms with Gasteiger partial charge in [0.1, 0.15) is 0 Å². The average Bonchev–Trinajstić information content (AvgIpc) is 2.64. The van der Waals surface area contributed by atoms with Gasteiger partial charge in [0.2, 0.25) is 0 Å². The molecule has 130 valence electrons. The largest absolute Gasteiger partial charge is 0.396 e. The number of aliphatic hydroxyl groups excluding tert-OH is 2. The summed E-state index contributed by atoms with van der Waals surface area (Å²) < 4.78 is 12.0.